The van der Waals surface area contributed by atoms with E-state index in [0.717, 1.165) is 24.1 Å². The highest BCUT2D eigenvalue weighted by atomic mass is 16.5. The first-order valence-electron chi connectivity index (χ1n) is 6.40. The molecule has 0 aliphatic carbocycles. The van der Waals surface area contributed by atoms with Crippen LogP contribution in [0.1, 0.15) is 30.4 Å². The molecule has 3 rings (SSSR count). The summed E-state index contributed by atoms with van der Waals surface area (Å²) in [6, 6.07) is 6.36. The number of para-hydroxylation sites is 1. The number of benzene rings is 1. The van der Waals surface area contributed by atoms with Crippen LogP contribution in [0.15, 0.2) is 18.2 Å². The molecule has 3 unspecified atom stereocenters. The molecule has 2 fully saturated rings. The molecule has 2 aliphatic rings. The molecule has 3 atom stereocenters. The highest BCUT2D eigenvalue weighted by molar-refractivity contribution is 5.39. The van der Waals surface area contributed by atoms with Gasteiger partial charge < -0.3 is 15.2 Å². The molecule has 3 nitrogen and oxygen atoms in total. The largest absolute Gasteiger partial charge is 0.507 e. The van der Waals surface area contributed by atoms with Gasteiger partial charge in [0.05, 0.1) is 12.2 Å². The second kappa shape index (κ2) is 4.31. The van der Waals surface area contributed by atoms with Crippen LogP contribution in [0.3, 0.4) is 0 Å². The number of fused-ring (bicyclic) bond motifs is 2. The van der Waals surface area contributed by atoms with Gasteiger partial charge >= 0.3 is 0 Å². The Hall–Kier alpha value is -1.06. The minimum Gasteiger partial charge on any atom is -0.507 e. The summed E-state index contributed by atoms with van der Waals surface area (Å²) in [4.78, 5) is 0. The zero-order chi connectivity index (χ0) is 11.8. The lowest BCUT2D eigenvalue weighted by atomic mass is 9.95. The molecule has 92 valence electrons. The van der Waals surface area contributed by atoms with Crippen LogP contribution in [-0.4, -0.2) is 23.4 Å². The quantitative estimate of drug-likeness (QED) is 0.840. The number of phenolic OH excluding ortho intramolecular Hbond substituents is 1. The summed E-state index contributed by atoms with van der Waals surface area (Å²) in [5, 5.41) is 13.4. The van der Waals surface area contributed by atoms with Crippen molar-refractivity contribution < 1.29 is 9.84 Å². The fraction of sp³-hybridized carbons (Fsp3) is 0.571. The van der Waals surface area contributed by atoms with Crippen molar-refractivity contribution in [1.82, 2.24) is 5.32 Å². The van der Waals surface area contributed by atoms with Crippen molar-refractivity contribution in [1.29, 1.82) is 0 Å². The first-order chi connectivity index (χ1) is 8.24. The van der Waals surface area contributed by atoms with Crippen molar-refractivity contribution >= 4 is 0 Å². The Kier molecular flexibility index (Phi) is 2.81. The van der Waals surface area contributed by atoms with E-state index < -0.39 is 0 Å². The minimum absolute atomic E-state index is 0.395. The van der Waals surface area contributed by atoms with Crippen LogP contribution in [0.5, 0.6) is 5.75 Å². The Morgan fingerprint density at radius 3 is 3.00 bits per heavy atom. The van der Waals surface area contributed by atoms with E-state index in [1.54, 1.807) is 0 Å². The van der Waals surface area contributed by atoms with Gasteiger partial charge in [0.2, 0.25) is 0 Å². The fourth-order valence-corrected chi connectivity index (χ4v) is 2.96. The lowest BCUT2D eigenvalue weighted by molar-refractivity contribution is 0.0972. The van der Waals surface area contributed by atoms with Crippen molar-refractivity contribution in [2.75, 3.05) is 0 Å². The third kappa shape index (κ3) is 2.05. The van der Waals surface area contributed by atoms with Gasteiger partial charge in [-0.05, 0) is 31.7 Å². The Bertz CT molecular complexity index is 419. The predicted molar refractivity (Wildman–Crippen MR) is 66.0 cm³/mol. The lowest BCUT2D eigenvalue weighted by Gasteiger charge is -2.20. The number of phenols is 1. The minimum atomic E-state index is 0.395. The summed E-state index contributed by atoms with van der Waals surface area (Å²) in [5.41, 5.74) is 1.92. The van der Waals surface area contributed by atoms with E-state index in [0.29, 0.717) is 24.0 Å². The van der Waals surface area contributed by atoms with Crippen LogP contribution in [0.4, 0.5) is 0 Å². The van der Waals surface area contributed by atoms with Gasteiger partial charge in [-0.2, -0.15) is 0 Å². The standard InChI is InChI=1S/C14H19NO2/c1-9-3-2-4-10(14(9)16)8-15-12-7-11-5-6-13(12)17-11/h2-4,11-13,15-16H,5-8H2,1H3. The normalized spacial score (nSPS) is 31.0. The first-order valence-corrected chi connectivity index (χ1v) is 6.40. The summed E-state index contributed by atoms with van der Waals surface area (Å²) in [7, 11) is 0. The maximum atomic E-state index is 9.93. The van der Waals surface area contributed by atoms with Crippen molar-refractivity contribution in [2.45, 2.75) is 51.0 Å². The number of aromatic hydroxyl groups is 1. The van der Waals surface area contributed by atoms with Gasteiger partial charge in [-0.3, -0.25) is 0 Å². The van der Waals surface area contributed by atoms with Crippen molar-refractivity contribution in [3.05, 3.63) is 29.3 Å². The van der Waals surface area contributed by atoms with Crippen molar-refractivity contribution in [2.24, 2.45) is 0 Å². The molecule has 17 heavy (non-hydrogen) atoms. The summed E-state index contributed by atoms with van der Waals surface area (Å²) in [5.74, 6) is 0.420. The van der Waals surface area contributed by atoms with Crippen LogP contribution in [0, 0.1) is 6.92 Å². The van der Waals surface area contributed by atoms with Gasteiger partial charge in [-0.1, -0.05) is 18.2 Å². The van der Waals surface area contributed by atoms with E-state index in [9.17, 15) is 5.11 Å². The molecule has 2 bridgehead atoms. The molecule has 0 spiro atoms. The van der Waals surface area contributed by atoms with Crippen molar-refractivity contribution in [3.63, 3.8) is 0 Å². The van der Waals surface area contributed by atoms with Crippen LogP contribution in [-0.2, 0) is 11.3 Å². The van der Waals surface area contributed by atoms with E-state index in [1.807, 2.05) is 25.1 Å². The van der Waals surface area contributed by atoms with Gasteiger partial charge in [0.25, 0.3) is 0 Å². The topological polar surface area (TPSA) is 41.5 Å². The predicted octanol–water partition coefficient (Wildman–Crippen LogP) is 2.11. The third-order valence-electron chi connectivity index (χ3n) is 3.98. The fourth-order valence-electron chi connectivity index (χ4n) is 2.96. The average Bonchev–Trinajstić information content (AvgIpc) is 2.93. The Labute approximate surface area is 102 Å². The van der Waals surface area contributed by atoms with E-state index in [2.05, 4.69) is 5.32 Å². The van der Waals surface area contributed by atoms with Gasteiger partial charge in [0.1, 0.15) is 5.75 Å². The van der Waals surface area contributed by atoms with Gasteiger partial charge in [-0.25, -0.2) is 0 Å². The molecule has 3 heteroatoms. The molecule has 2 aliphatic heterocycles. The number of hydrogen-bond acceptors (Lipinski definition) is 3. The van der Waals surface area contributed by atoms with Crippen LogP contribution >= 0.6 is 0 Å². The number of hydrogen-bond donors (Lipinski definition) is 2. The van der Waals surface area contributed by atoms with Crippen molar-refractivity contribution in [3.8, 4) is 5.75 Å². The molecule has 2 saturated heterocycles. The molecule has 2 heterocycles. The SMILES string of the molecule is Cc1cccc(CNC2CC3CCC2O3)c1O. The smallest absolute Gasteiger partial charge is 0.122 e. The first kappa shape index (κ1) is 11.1. The summed E-state index contributed by atoms with van der Waals surface area (Å²) in [6.45, 7) is 2.66. The lowest BCUT2D eigenvalue weighted by Crippen LogP contribution is -2.37. The Morgan fingerprint density at radius 2 is 2.29 bits per heavy atom. The number of rotatable bonds is 3. The monoisotopic (exact) mass is 233 g/mol. The third-order valence-corrected chi connectivity index (χ3v) is 3.98. The maximum Gasteiger partial charge on any atom is 0.122 e. The molecule has 0 radical (unpaired) electrons. The average molecular weight is 233 g/mol. The molecule has 1 aromatic carbocycles. The van der Waals surface area contributed by atoms with Gasteiger partial charge in [0, 0.05) is 18.2 Å². The maximum absolute atomic E-state index is 9.93. The van der Waals surface area contributed by atoms with E-state index in [4.69, 9.17) is 4.74 Å². The number of ether oxygens (including phenoxy) is 1. The van der Waals surface area contributed by atoms with E-state index in [-0.39, 0.29) is 0 Å². The second-order valence-corrected chi connectivity index (χ2v) is 5.18. The highest BCUT2D eigenvalue weighted by Crippen LogP contribution is 2.34. The molecular weight excluding hydrogens is 214 g/mol. The Morgan fingerprint density at radius 1 is 1.41 bits per heavy atom. The summed E-state index contributed by atoms with van der Waals surface area (Å²) >= 11 is 0. The zero-order valence-corrected chi connectivity index (χ0v) is 10.1. The van der Waals surface area contributed by atoms with E-state index in [1.165, 1.54) is 12.8 Å². The second-order valence-electron chi connectivity index (χ2n) is 5.18. The molecule has 1 aromatic rings. The van der Waals surface area contributed by atoms with Crippen LogP contribution in [0.2, 0.25) is 0 Å². The van der Waals surface area contributed by atoms with Gasteiger partial charge in [0.15, 0.2) is 0 Å². The van der Waals surface area contributed by atoms with E-state index >= 15 is 0 Å². The zero-order valence-electron chi connectivity index (χ0n) is 10.1. The summed E-state index contributed by atoms with van der Waals surface area (Å²) < 4.78 is 5.80. The van der Waals surface area contributed by atoms with Crippen LogP contribution in [0.25, 0.3) is 0 Å². The highest BCUT2D eigenvalue weighted by Gasteiger charge is 2.40. The van der Waals surface area contributed by atoms with Crippen LogP contribution < -0.4 is 5.32 Å². The summed E-state index contributed by atoms with van der Waals surface area (Å²) in [6.07, 6.45) is 4.40. The molecule has 0 amide bonds. The van der Waals surface area contributed by atoms with Gasteiger partial charge in [-0.15, -0.1) is 0 Å². The Balaban J connectivity index is 1.62. The molecular formula is C14H19NO2. The molecule has 0 saturated carbocycles. The number of nitrogens with one attached hydrogen (secondary N) is 1. The molecule has 2 N–H and O–H groups in total. The molecule has 0 aromatic heterocycles. The number of aryl methyl sites for hydroxylation is 1.